The third-order valence-corrected chi connectivity index (χ3v) is 5.15. The summed E-state index contributed by atoms with van der Waals surface area (Å²) in [5.41, 5.74) is 6.94. The number of fused-ring (bicyclic) bond motifs is 1. The van der Waals surface area contributed by atoms with Gasteiger partial charge in [-0.05, 0) is 22.0 Å². The number of rotatable bonds is 3. The van der Waals surface area contributed by atoms with E-state index < -0.39 is 11.8 Å². The number of hydrazine groups is 1. The molecule has 2 amide bonds. The number of hydrogen-bond donors (Lipinski definition) is 2. The molecular weight excluding hydrogens is 424 g/mol. The summed E-state index contributed by atoms with van der Waals surface area (Å²) in [6, 6.07) is 18.4. The highest BCUT2D eigenvalue weighted by Gasteiger charge is 2.20. The van der Waals surface area contributed by atoms with Crippen LogP contribution in [0.5, 0.6) is 0 Å². The smallest absolute Gasteiger partial charge is 0.291 e. The molecule has 0 aliphatic carbocycles. The zero-order valence-electron chi connectivity index (χ0n) is 14.8. The molecule has 0 saturated heterocycles. The van der Waals surface area contributed by atoms with Crippen molar-refractivity contribution in [2.45, 2.75) is 0 Å². The molecule has 0 radical (unpaired) electrons. The van der Waals surface area contributed by atoms with Crippen LogP contribution in [0.1, 0.15) is 21.0 Å². The predicted molar refractivity (Wildman–Crippen MR) is 107 cm³/mol. The summed E-state index contributed by atoms with van der Waals surface area (Å²) in [6.45, 7) is 0. The number of nitrogens with one attached hydrogen (secondary N) is 2. The fourth-order valence-electron chi connectivity index (χ4n) is 2.96. The minimum Gasteiger partial charge on any atom is -0.355 e. The standard InChI is InChI=1S/C20H15BrN4O3/c1-25-15-10-6-5-9-13(15)17(21)18(25)20(27)23-22-19(26)14-11-16(28-24-14)12-7-3-2-4-8-12/h2-11H,1H3,(H,22,26)(H,23,27). The topological polar surface area (TPSA) is 89.2 Å². The van der Waals surface area contributed by atoms with Gasteiger partial charge in [-0.25, -0.2) is 0 Å². The molecule has 8 heteroatoms. The zero-order chi connectivity index (χ0) is 19.7. The molecule has 0 fully saturated rings. The molecule has 0 atom stereocenters. The van der Waals surface area contributed by atoms with Crippen LogP contribution in [-0.4, -0.2) is 21.5 Å². The Balaban J connectivity index is 1.49. The number of carbonyl (C=O) groups excluding carboxylic acids is 2. The Morgan fingerprint density at radius 2 is 1.68 bits per heavy atom. The molecule has 0 spiro atoms. The molecule has 2 N–H and O–H groups in total. The van der Waals surface area contributed by atoms with Gasteiger partial charge in [0.2, 0.25) is 0 Å². The van der Waals surface area contributed by atoms with Gasteiger partial charge in [0.15, 0.2) is 11.5 Å². The molecule has 0 saturated carbocycles. The summed E-state index contributed by atoms with van der Waals surface area (Å²) in [5, 5.41) is 4.67. The van der Waals surface area contributed by atoms with Gasteiger partial charge in [0.1, 0.15) is 5.69 Å². The zero-order valence-corrected chi connectivity index (χ0v) is 16.4. The summed E-state index contributed by atoms with van der Waals surface area (Å²) < 4.78 is 7.62. The monoisotopic (exact) mass is 438 g/mol. The van der Waals surface area contributed by atoms with Crippen LogP contribution in [0.25, 0.3) is 22.2 Å². The van der Waals surface area contributed by atoms with Gasteiger partial charge < -0.3 is 9.09 Å². The minimum atomic E-state index is -0.575. The van der Waals surface area contributed by atoms with E-state index in [1.807, 2.05) is 54.6 Å². The van der Waals surface area contributed by atoms with Crippen LogP contribution in [0.2, 0.25) is 0 Å². The third kappa shape index (κ3) is 3.18. The van der Waals surface area contributed by atoms with Gasteiger partial charge in [-0.15, -0.1) is 0 Å². The van der Waals surface area contributed by atoms with E-state index >= 15 is 0 Å². The fourth-order valence-corrected chi connectivity index (χ4v) is 3.74. The van der Waals surface area contributed by atoms with E-state index in [1.54, 1.807) is 11.6 Å². The molecule has 0 aliphatic heterocycles. The van der Waals surface area contributed by atoms with Crippen LogP contribution in [-0.2, 0) is 7.05 Å². The quantitative estimate of drug-likeness (QED) is 0.477. The highest BCUT2D eigenvalue weighted by atomic mass is 79.9. The lowest BCUT2D eigenvalue weighted by Gasteiger charge is -2.07. The van der Waals surface area contributed by atoms with Crippen LogP contribution in [0, 0.1) is 0 Å². The molecular formula is C20H15BrN4O3. The largest absolute Gasteiger partial charge is 0.355 e. The third-order valence-electron chi connectivity index (χ3n) is 4.35. The van der Waals surface area contributed by atoms with Crippen LogP contribution in [0.4, 0.5) is 0 Å². The number of aromatic nitrogens is 2. The summed E-state index contributed by atoms with van der Waals surface area (Å²) in [7, 11) is 1.79. The Morgan fingerprint density at radius 1 is 1.00 bits per heavy atom. The van der Waals surface area contributed by atoms with Crippen molar-refractivity contribution in [1.82, 2.24) is 20.6 Å². The number of carbonyl (C=O) groups is 2. The number of aryl methyl sites for hydroxylation is 1. The first-order chi connectivity index (χ1) is 13.6. The van der Waals surface area contributed by atoms with Gasteiger partial charge in [0.25, 0.3) is 11.8 Å². The average Bonchev–Trinajstić information content (AvgIpc) is 3.31. The molecule has 0 unspecified atom stereocenters. The lowest BCUT2D eigenvalue weighted by molar-refractivity contribution is 0.0837. The van der Waals surface area contributed by atoms with Crippen molar-refractivity contribution in [3.05, 3.63) is 76.5 Å². The summed E-state index contributed by atoms with van der Waals surface area (Å²) in [6.07, 6.45) is 0. The minimum absolute atomic E-state index is 0.0651. The number of hydrogen-bond acceptors (Lipinski definition) is 4. The van der Waals surface area contributed by atoms with Gasteiger partial charge >= 0.3 is 0 Å². The van der Waals surface area contributed by atoms with Crippen molar-refractivity contribution < 1.29 is 14.1 Å². The van der Waals surface area contributed by atoms with Crippen LogP contribution >= 0.6 is 15.9 Å². The normalized spacial score (nSPS) is 10.8. The van der Waals surface area contributed by atoms with Crippen LogP contribution in [0.3, 0.4) is 0 Å². The number of benzene rings is 2. The molecule has 140 valence electrons. The lowest BCUT2D eigenvalue weighted by atomic mass is 10.1. The number of nitrogens with zero attached hydrogens (tertiary/aromatic N) is 2. The van der Waals surface area contributed by atoms with E-state index in [4.69, 9.17) is 4.52 Å². The van der Waals surface area contributed by atoms with Crippen molar-refractivity contribution in [3.8, 4) is 11.3 Å². The van der Waals surface area contributed by atoms with E-state index in [1.165, 1.54) is 6.07 Å². The molecule has 4 aromatic rings. The number of amides is 2. The summed E-state index contributed by atoms with van der Waals surface area (Å²) in [5.74, 6) is -0.562. The van der Waals surface area contributed by atoms with Crippen molar-refractivity contribution in [2.24, 2.45) is 7.05 Å². The van der Waals surface area contributed by atoms with Gasteiger partial charge in [-0.1, -0.05) is 53.7 Å². The molecule has 2 heterocycles. The summed E-state index contributed by atoms with van der Waals surface area (Å²) >= 11 is 3.46. The molecule has 7 nitrogen and oxygen atoms in total. The molecule has 0 aliphatic rings. The Bertz CT molecular complexity index is 1140. The Morgan fingerprint density at radius 3 is 2.43 bits per heavy atom. The van der Waals surface area contributed by atoms with Gasteiger partial charge in [0.05, 0.1) is 4.47 Å². The van der Waals surface area contributed by atoms with Gasteiger partial charge in [-0.3, -0.25) is 20.4 Å². The SMILES string of the molecule is Cn1c(C(=O)NNC(=O)c2cc(-c3ccccc3)on2)c(Br)c2ccccc21. The van der Waals surface area contributed by atoms with Crippen LogP contribution < -0.4 is 10.9 Å². The van der Waals surface area contributed by atoms with Gasteiger partial charge in [0, 0.05) is 29.6 Å². The molecule has 2 aromatic carbocycles. The maximum Gasteiger partial charge on any atom is 0.291 e. The number of halogens is 1. The first-order valence-corrected chi connectivity index (χ1v) is 9.21. The Kier molecular flexibility index (Phi) is 4.70. The Labute approximate surface area is 168 Å². The maximum atomic E-state index is 12.6. The summed E-state index contributed by atoms with van der Waals surface area (Å²) in [4.78, 5) is 24.9. The average molecular weight is 439 g/mol. The Hall–Kier alpha value is -3.39. The second-order valence-corrected chi connectivity index (χ2v) is 6.88. The highest BCUT2D eigenvalue weighted by molar-refractivity contribution is 9.10. The van der Waals surface area contributed by atoms with Crippen LogP contribution in [0.15, 0.2) is 69.7 Å². The molecule has 0 bridgehead atoms. The molecule has 2 aromatic heterocycles. The predicted octanol–water partition coefficient (Wildman–Crippen LogP) is 3.67. The van der Waals surface area contributed by atoms with Crippen molar-refractivity contribution in [3.63, 3.8) is 0 Å². The fraction of sp³-hybridized carbons (Fsp3) is 0.0500. The first kappa shape index (κ1) is 18.0. The highest BCUT2D eigenvalue weighted by Crippen LogP contribution is 2.30. The second kappa shape index (κ2) is 7.32. The maximum absolute atomic E-state index is 12.6. The van der Waals surface area contributed by atoms with E-state index in [0.717, 1.165) is 16.5 Å². The molecule has 28 heavy (non-hydrogen) atoms. The lowest BCUT2D eigenvalue weighted by Crippen LogP contribution is -2.42. The van der Waals surface area contributed by atoms with Crippen molar-refractivity contribution in [1.29, 1.82) is 0 Å². The van der Waals surface area contributed by atoms with Crippen molar-refractivity contribution in [2.75, 3.05) is 0 Å². The van der Waals surface area contributed by atoms with E-state index in [2.05, 4.69) is 31.9 Å². The first-order valence-electron chi connectivity index (χ1n) is 8.42. The molecule has 4 rings (SSSR count). The van der Waals surface area contributed by atoms with Crippen molar-refractivity contribution >= 4 is 38.6 Å². The van der Waals surface area contributed by atoms with E-state index in [-0.39, 0.29) is 5.69 Å². The second-order valence-electron chi connectivity index (χ2n) is 6.09. The van der Waals surface area contributed by atoms with Gasteiger partial charge in [-0.2, -0.15) is 0 Å². The van der Waals surface area contributed by atoms with E-state index in [9.17, 15) is 9.59 Å². The van der Waals surface area contributed by atoms with E-state index in [0.29, 0.717) is 15.9 Å². The number of para-hydroxylation sites is 1.